The highest BCUT2D eigenvalue weighted by Gasteiger charge is 2.13. The smallest absolute Gasteiger partial charge is 0.277 e. The van der Waals surface area contributed by atoms with Crippen molar-refractivity contribution >= 4 is 45.3 Å². The molecule has 0 radical (unpaired) electrons. The summed E-state index contributed by atoms with van der Waals surface area (Å²) >= 11 is 8.68. The Kier molecular flexibility index (Phi) is 5.62. The van der Waals surface area contributed by atoms with Crippen LogP contribution in [0.4, 0.5) is 5.13 Å². The van der Waals surface area contributed by atoms with Crippen LogP contribution >= 0.6 is 34.3 Å². The SMILES string of the molecule is CCCCn1nc(C(=O)Nc2nc(-c3ccc(Cl)s3)cs2)ccc1=O. The summed E-state index contributed by atoms with van der Waals surface area (Å²) in [4.78, 5) is 29.5. The van der Waals surface area contributed by atoms with E-state index in [9.17, 15) is 9.59 Å². The summed E-state index contributed by atoms with van der Waals surface area (Å²) in [5, 5.41) is 9.17. The highest BCUT2D eigenvalue weighted by Crippen LogP contribution is 2.32. The van der Waals surface area contributed by atoms with Crippen molar-refractivity contribution in [1.82, 2.24) is 14.8 Å². The van der Waals surface area contributed by atoms with Crippen LogP contribution in [-0.4, -0.2) is 20.7 Å². The number of aromatic nitrogens is 3. The van der Waals surface area contributed by atoms with Gasteiger partial charge in [0.25, 0.3) is 11.5 Å². The monoisotopic (exact) mass is 394 g/mol. The van der Waals surface area contributed by atoms with E-state index in [0.29, 0.717) is 16.0 Å². The molecule has 3 aromatic rings. The normalized spacial score (nSPS) is 10.8. The molecule has 0 aromatic carbocycles. The first-order valence-corrected chi connectivity index (χ1v) is 9.75. The summed E-state index contributed by atoms with van der Waals surface area (Å²) in [6.07, 6.45) is 1.77. The van der Waals surface area contributed by atoms with Crippen LogP contribution in [-0.2, 0) is 6.54 Å². The first-order valence-electron chi connectivity index (χ1n) is 7.67. The van der Waals surface area contributed by atoms with Crippen LogP contribution in [0.25, 0.3) is 10.6 Å². The topological polar surface area (TPSA) is 76.9 Å². The fourth-order valence-electron chi connectivity index (χ4n) is 2.10. The van der Waals surface area contributed by atoms with E-state index in [4.69, 9.17) is 11.6 Å². The molecule has 0 saturated carbocycles. The Balaban J connectivity index is 1.74. The van der Waals surface area contributed by atoms with Crippen molar-refractivity contribution in [3.05, 3.63) is 50.0 Å². The minimum atomic E-state index is -0.393. The van der Waals surface area contributed by atoms with Gasteiger partial charge in [0, 0.05) is 18.0 Å². The summed E-state index contributed by atoms with van der Waals surface area (Å²) in [5.74, 6) is -0.393. The number of hydrogen-bond donors (Lipinski definition) is 1. The van der Waals surface area contributed by atoms with Crippen molar-refractivity contribution in [3.8, 4) is 10.6 Å². The maximum atomic E-state index is 12.4. The van der Waals surface area contributed by atoms with Crippen molar-refractivity contribution in [2.24, 2.45) is 0 Å². The predicted molar refractivity (Wildman–Crippen MR) is 102 cm³/mol. The number of nitrogens with one attached hydrogen (secondary N) is 1. The zero-order valence-corrected chi connectivity index (χ0v) is 15.7. The number of hydrogen-bond acceptors (Lipinski definition) is 6. The number of anilines is 1. The molecule has 0 aliphatic rings. The van der Waals surface area contributed by atoms with Crippen molar-refractivity contribution in [2.75, 3.05) is 5.32 Å². The van der Waals surface area contributed by atoms with E-state index in [2.05, 4.69) is 15.4 Å². The molecule has 1 amide bonds. The second-order valence-corrected chi connectivity index (χ2v) is 7.80. The molecular formula is C16H15ClN4O2S2. The number of nitrogens with zero attached hydrogens (tertiary/aromatic N) is 3. The zero-order chi connectivity index (χ0) is 17.8. The number of halogens is 1. The number of rotatable bonds is 6. The van der Waals surface area contributed by atoms with Crippen LogP contribution in [0.5, 0.6) is 0 Å². The van der Waals surface area contributed by atoms with Gasteiger partial charge in [0.2, 0.25) is 0 Å². The van der Waals surface area contributed by atoms with Gasteiger partial charge in [-0.3, -0.25) is 14.9 Å². The number of aryl methyl sites for hydroxylation is 1. The van der Waals surface area contributed by atoms with Gasteiger partial charge in [-0.25, -0.2) is 9.67 Å². The second-order valence-electron chi connectivity index (χ2n) is 5.23. The minimum absolute atomic E-state index is 0.187. The predicted octanol–water partition coefficient (Wildman–Crippen LogP) is 4.13. The maximum Gasteiger partial charge on any atom is 0.277 e. The van der Waals surface area contributed by atoms with Gasteiger partial charge in [-0.15, -0.1) is 22.7 Å². The maximum absolute atomic E-state index is 12.4. The molecule has 130 valence electrons. The Hall–Kier alpha value is -2.03. The van der Waals surface area contributed by atoms with E-state index in [0.717, 1.165) is 23.4 Å². The summed E-state index contributed by atoms with van der Waals surface area (Å²) in [6.45, 7) is 2.53. The fraction of sp³-hybridized carbons (Fsp3) is 0.250. The second kappa shape index (κ2) is 7.90. The lowest BCUT2D eigenvalue weighted by Crippen LogP contribution is -2.26. The summed E-state index contributed by atoms with van der Waals surface area (Å²) in [6, 6.07) is 6.48. The molecule has 6 nitrogen and oxygen atoms in total. The summed E-state index contributed by atoms with van der Waals surface area (Å²) in [7, 11) is 0. The van der Waals surface area contributed by atoms with Gasteiger partial charge in [0.15, 0.2) is 5.13 Å². The number of thiazole rings is 1. The molecule has 25 heavy (non-hydrogen) atoms. The van der Waals surface area contributed by atoms with Crippen molar-refractivity contribution in [2.45, 2.75) is 26.3 Å². The molecule has 0 spiro atoms. The quantitative estimate of drug-likeness (QED) is 0.681. The lowest BCUT2D eigenvalue weighted by Gasteiger charge is -2.05. The van der Waals surface area contributed by atoms with Crippen LogP contribution in [0.1, 0.15) is 30.3 Å². The van der Waals surface area contributed by atoms with Crippen LogP contribution in [0.2, 0.25) is 4.34 Å². The Labute approximate surface area is 157 Å². The van der Waals surface area contributed by atoms with Crippen molar-refractivity contribution in [3.63, 3.8) is 0 Å². The lowest BCUT2D eigenvalue weighted by atomic mass is 10.3. The van der Waals surface area contributed by atoms with E-state index in [1.165, 1.54) is 39.5 Å². The Morgan fingerprint density at radius 3 is 2.88 bits per heavy atom. The number of amides is 1. The van der Waals surface area contributed by atoms with Crippen molar-refractivity contribution < 1.29 is 4.79 Å². The van der Waals surface area contributed by atoms with Crippen LogP contribution in [0.3, 0.4) is 0 Å². The van der Waals surface area contributed by atoms with Gasteiger partial charge in [0.1, 0.15) is 5.69 Å². The third-order valence-corrected chi connectivity index (χ3v) is 5.38. The van der Waals surface area contributed by atoms with E-state index in [1.54, 1.807) is 0 Å². The highest BCUT2D eigenvalue weighted by molar-refractivity contribution is 7.20. The molecule has 9 heteroatoms. The molecule has 0 bridgehead atoms. The summed E-state index contributed by atoms with van der Waals surface area (Å²) < 4.78 is 2.01. The minimum Gasteiger partial charge on any atom is -0.296 e. The van der Waals surface area contributed by atoms with Gasteiger partial charge in [-0.05, 0) is 24.6 Å². The van der Waals surface area contributed by atoms with E-state index >= 15 is 0 Å². The molecule has 3 aromatic heterocycles. The van der Waals surface area contributed by atoms with Gasteiger partial charge in [-0.2, -0.15) is 5.10 Å². The molecule has 1 N–H and O–H groups in total. The Morgan fingerprint density at radius 2 is 2.16 bits per heavy atom. The number of unbranched alkanes of at least 4 members (excludes halogenated alkanes) is 1. The fourth-order valence-corrected chi connectivity index (χ4v) is 3.88. The molecule has 0 saturated heterocycles. The highest BCUT2D eigenvalue weighted by atomic mass is 35.5. The largest absolute Gasteiger partial charge is 0.296 e. The average molecular weight is 395 g/mol. The molecule has 0 aliphatic heterocycles. The van der Waals surface area contributed by atoms with Gasteiger partial charge in [-0.1, -0.05) is 24.9 Å². The third kappa shape index (κ3) is 4.33. The number of carbonyl (C=O) groups is 1. The zero-order valence-electron chi connectivity index (χ0n) is 13.4. The Bertz CT molecular complexity index is 948. The van der Waals surface area contributed by atoms with E-state index in [-0.39, 0.29) is 11.3 Å². The van der Waals surface area contributed by atoms with Gasteiger partial charge >= 0.3 is 0 Å². The molecule has 3 rings (SSSR count). The first-order chi connectivity index (χ1) is 12.1. The molecule has 0 fully saturated rings. The lowest BCUT2D eigenvalue weighted by molar-refractivity contribution is 0.101. The standard InChI is InChI=1S/C16H15ClN4O2S2/c1-2-3-8-21-14(22)7-4-10(20-21)15(23)19-16-18-11(9-24-16)12-5-6-13(17)25-12/h4-7,9H,2-3,8H2,1H3,(H,18,19,23). The van der Waals surface area contributed by atoms with Crippen LogP contribution < -0.4 is 10.9 Å². The first kappa shape index (κ1) is 17.8. The van der Waals surface area contributed by atoms with Crippen molar-refractivity contribution in [1.29, 1.82) is 0 Å². The number of thiophene rings is 1. The molecular weight excluding hydrogens is 380 g/mol. The average Bonchev–Trinajstić information content (AvgIpc) is 3.23. The summed E-state index contributed by atoms with van der Waals surface area (Å²) in [5.41, 5.74) is 0.737. The molecule has 0 atom stereocenters. The Morgan fingerprint density at radius 1 is 1.32 bits per heavy atom. The van der Waals surface area contributed by atoms with E-state index in [1.807, 2.05) is 24.4 Å². The van der Waals surface area contributed by atoms with Crippen LogP contribution in [0, 0.1) is 0 Å². The van der Waals surface area contributed by atoms with E-state index < -0.39 is 5.91 Å². The molecule has 0 aliphatic carbocycles. The molecule has 0 unspecified atom stereocenters. The third-order valence-electron chi connectivity index (χ3n) is 3.37. The number of carbonyl (C=O) groups excluding carboxylic acids is 1. The molecule has 3 heterocycles. The van der Waals surface area contributed by atoms with Crippen LogP contribution in [0.15, 0.2) is 34.4 Å². The van der Waals surface area contributed by atoms with Gasteiger partial charge < -0.3 is 0 Å². The van der Waals surface area contributed by atoms with Gasteiger partial charge in [0.05, 0.1) is 14.9 Å².